The van der Waals surface area contributed by atoms with E-state index < -0.39 is 41.7 Å². The van der Waals surface area contributed by atoms with Crippen molar-refractivity contribution in [2.24, 2.45) is 5.92 Å². The lowest BCUT2D eigenvalue weighted by Crippen LogP contribution is -2.45. The number of benzene rings is 4. The number of nitrogens with one attached hydrogen (secondary N) is 1. The van der Waals surface area contributed by atoms with Gasteiger partial charge in [0.1, 0.15) is 11.9 Å². The van der Waals surface area contributed by atoms with E-state index in [-0.39, 0.29) is 5.78 Å². The number of carboxylic acid groups (broad SMARTS) is 1. The third-order valence-corrected chi connectivity index (χ3v) is 7.18. The zero-order valence-corrected chi connectivity index (χ0v) is 21.2. The molecule has 1 heterocycles. The number of para-hydroxylation sites is 1. The van der Waals surface area contributed by atoms with E-state index in [1.807, 2.05) is 19.1 Å². The van der Waals surface area contributed by atoms with Gasteiger partial charge in [-0.05, 0) is 48.4 Å². The molecule has 2 N–H and O–H groups in total. The van der Waals surface area contributed by atoms with Crippen molar-refractivity contribution in [2.75, 3.05) is 5.32 Å². The summed E-state index contributed by atoms with van der Waals surface area (Å²) in [6, 6.07) is 27.3. The van der Waals surface area contributed by atoms with Gasteiger partial charge in [0.2, 0.25) is 0 Å². The van der Waals surface area contributed by atoms with Crippen LogP contribution in [0.2, 0.25) is 0 Å². The second-order valence-corrected chi connectivity index (χ2v) is 9.68. The van der Waals surface area contributed by atoms with Crippen LogP contribution in [0.15, 0.2) is 109 Å². The summed E-state index contributed by atoms with van der Waals surface area (Å²) in [7, 11) is 0. The first-order valence-electron chi connectivity index (χ1n) is 12.6. The molecule has 4 unspecified atom stereocenters. The van der Waals surface area contributed by atoms with Crippen LogP contribution >= 0.6 is 0 Å². The largest absolute Gasteiger partial charge is 0.480 e. The SMILES string of the molecule is Cc1cccc(C(=O)C2C(c3ccc(F)cc3)C(C(=O)O)N(C(=O)Nc3ccccc3)C2c2ccccc2)c1. The van der Waals surface area contributed by atoms with E-state index in [2.05, 4.69) is 5.32 Å². The van der Waals surface area contributed by atoms with E-state index >= 15 is 0 Å². The summed E-state index contributed by atoms with van der Waals surface area (Å²) in [5.41, 5.74) is 2.88. The van der Waals surface area contributed by atoms with E-state index in [0.717, 1.165) is 5.56 Å². The minimum atomic E-state index is -1.40. The predicted octanol–water partition coefficient (Wildman–Crippen LogP) is 6.46. The molecular formula is C32H27FN2O4. The lowest BCUT2D eigenvalue weighted by molar-refractivity contribution is -0.142. The number of urea groups is 1. The lowest BCUT2D eigenvalue weighted by atomic mass is 9.76. The van der Waals surface area contributed by atoms with Crippen molar-refractivity contribution in [1.82, 2.24) is 4.90 Å². The number of hydrogen-bond donors (Lipinski definition) is 2. The highest BCUT2D eigenvalue weighted by atomic mass is 19.1. The predicted molar refractivity (Wildman–Crippen MR) is 146 cm³/mol. The number of likely N-dealkylation sites (tertiary alicyclic amines) is 1. The van der Waals surface area contributed by atoms with Crippen LogP contribution in [0, 0.1) is 18.7 Å². The molecule has 7 heteroatoms. The maximum atomic E-state index is 14.3. The minimum Gasteiger partial charge on any atom is -0.480 e. The number of amides is 2. The molecule has 4 atom stereocenters. The van der Waals surface area contributed by atoms with Gasteiger partial charge in [-0.25, -0.2) is 14.0 Å². The van der Waals surface area contributed by atoms with Gasteiger partial charge in [0, 0.05) is 17.2 Å². The summed E-state index contributed by atoms with van der Waals surface area (Å²) in [6.07, 6.45) is 0. The van der Waals surface area contributed by atoms with Crippen LogP contribution in [0.3, 0.4) is 0 Å². The number of Topliss-reactive ketones (excluding diaryl/α,β-unsaturated/α-hetero) is 1. The number of anilines is 1. The number of nitrogens with zero attached hydrogens (tertiary/aromatic N) is 1. The van der Waals surface area contributed by atoms with Crippen molar-refractivity contribution in [2.45, 2.75) is 24.9 Å². The van der Waals surface area contributed by atoms with Gasteiger partial charge in [0.15, 0.2) is 5.78 Å². The molecule has 1 aliphatic rings. The molecule has 4 aromatic rings. The molecule has 1 saturated heterocycles. The average Bonchev–Trinajstić information content (AvgIpc) is 3.31. The first-order valence-corrected chi connectivity index (χ1v) is 12.6. The Labute approximate surface area is 225 Å². The Morgan fingerprint density at radius 1 is 0.795 bits per heavy atom. The first-order chi connectivity index (χ1) is 18.8. The van der Waals surface area contributed by atoms with Crippen molar-refractivity contribution in [3.8, 4) is 0 Å². The Morgan fingerprint density at radius 2 is 1.44 bits per heavy atom. The molecule has 4 aromatic carbocycles. The van der Waals surface area contributed by atoms with Crippen molar-refractivity contribution in [3.05, 3.63) is 137 Å². The number of carbonyl (C=O) groups is 3. The quantitative estimate of drug-likeness (QED) is 0.285. The van der Waals surface area contributed by atoms with Crippen molar-refractivity contribution >= 4 is 23.5 Å². The zero-order valence-electron chi connectivity index (χ0n) is 21.2. The summed E-state index contributed by atoms with van der Waals surface area (Å²) >= 11 is 0. The van der Waals surface area contributed by atoms with E-state index in [9.17, 15) is 23.9 Å². The number of hydrogen-bond acceptors (Lipinski definition) is 3. The second kappa shape index (κ2) is 10.9. The Balaban J connectivity index is 1.72. The van der Waals surface area contributed by atoms with Gasteiger partial charge in [-0.1, -0.05) is 84.4 Å². The third kappa shape index (κ3) is 5.16. The van der Waals surface area contributed by atoms with Crippen LogP contribution in [-0.4, -0.2) is 33.8 Å². The van der Waals surface area contributed by atoms with E-state index in [4.69, 9.17) is 0 Å². The fourth-order valence-corrected chi connectivity index (χ4v) is 5.54. The van der Waals surface area contributed by atoms with E-state index in [0.29, 0.717) is 22.4 Å². The number of carbonyl (C=O) groups excluding carboxylic acids is 2. The number of aryl methyl sites for hydroxylation is 1. The standard InChI is InChI=1S/C32H27FN2O4/c1-20-9-8-12-23(19-20)30(36)27-26(21-15-17-24(33)18-16-21)29(31(37)38)35(28(27)22-10-4-2-5-11-22)32(39)34-25-13-6-3-7-14-25/h2-19,26-29H,1H3,(H,34,39)(H,37,38). The Kier molecular flexibility index (Phi) is 7.23. The van der Waals surface area contributed by atoms with Crippen LogP contribution in [-0.2, 0) is 4.79 Å². The first kappa shape index (κ1) is 25.9. The van der Waals surface area contributed by atoms with Gasteiger partial charge < -0.3 is 15.3 Å². The number of aliphatic carboxylic acids is 1. The molecule has 2 amide bonds. The summed E-state index contributed by atoms with van der Waals surface area (Å²) in [4.78, 5) is 42.4. The molecule has 0 aliphatic carbocycles. The Bertz CT molecular complexity index is 1490. The van der Waals surface area contributed by atoms with Gasteiger partial charge >= 0.3 is 12.0 Å². The van der Waals surface area contributed by atoms with Crippen LogP contribution < -0.4 is 5.32 Å². The molecule has 5 rings (SSSR count). The van der Waals surface area contributed by atoms with Gasteiger partial charge in [0.25, 0.3) is 0 Å². The number of ketones is 1. The molecule has 0 spiro atoms. The molecule has 1 fully saturated rings. The van der Waals surface area contributed by atoms with Gasteiger partial charge in [-0.2, -0.15) is 0 Å². The van der Waals surface area contributed by atoms with Gasteiger partial charge in [-0.3, -0.25) is 4.79 Å². The molecule has 196 valence electrons. The van der Waals surface area contributed by atoms with Crippen molar-refractivity contribution in [1.29, 1.82) is 0 Å². The van der Waals surface area contributed by atoms with E-state index in [1.54, 1.807) is 72.8 Å². The minimum absolute atomic E-state index is 0.289. The van der Waals surface area contributed by atoms with Crippen molar-refractivity contribution in [3.63, 3.8) is 0 Å². The van der Waals surface area contributed by atoms with Crippen molar-refractivity contribution < 1.29 is 23.9 Å². The lowest BCUT2D eigenvalue weighted by Gasteiger charge is -2.30. The third-order valence-electron chi connectivity index (χ3n) is 7.18. The normalized spacial score (nSPS) is 20.4. The molecule has 1 aliphatic heterocycles. The smallest absolute Gasteiger partial charge is 0.327 e. The fourth-order valence-electron chi connectivity index (χ4n) is 5.54. The van der Waals surface area contributed by atoms with Crippen LogP contribution in [0.25, 0.3) is 0 Å². The zero-order chi connectivity index (χ0) is 27.5. The Morgan fingerprint density at radius 3 is 2.05 bits per heavy atom. The molecule has 0 bridgehead atoms. The molecule has 39 heavy (non-hydrogen) atoms. The molecule has 0 radical (unpaired) electrons. The maximum Gasteiger partial charge on any atom is 0.327 e. The van der Waals surface area contributed by atoms with Gasteiger partial charge in [0.05, 0.1) is 12.0 Å². The maximum absolute atomic E-state index is 14.3. The summed E-state index contributed by atoms with van der Waals surface area (Å²) in [5.74, 6) is -3.93. The molecular weight excluding hydrogens is 495 g/mol. The summed E-state index contributed by atoms with van der Waals surface area (Å²) < 4.78 is 13.9. The average molecular weight is 523 g/mol. The van der Waals surface area contributed by atoms with Crippen LogP contribution in [0.4, 0.5) is 14.9 Å². The molecule has 6 nitrogen and oxygen atoms in total. The second-order valence-electron chi connectivity index (χ2n) is 9.68. The highest BCUT2D eigenvalue weighted by molar-refractivity contribution is 6.02. The number of halogens is 1. The highest BCUT2D eigenvalue weighted by Crippen LogP contribution is 2.51. The van der Waals surface area contributed by atoms with Crippen LogP contribution in [0.1, 0.15) is 39.0 Å². The van der Waals surface area contributed by atoms with Crippen LogP contribution in [0.5, 0.6) is 0 Å². The number of carboxylic acids is 1. The molecule has 0 saturated carbocycles. The fraction of sp³-hybridized carbons (Fsp3) is 0.156. The van der Waals surface area contributed by atoms with Gasteiger partial charge in [-0.15, -0.1) is 0 Å². The summed E-state index contributed by atoms with van der Waals surface area (Å²) in [6.45, 7) is 1.87. The monoisotopic (exact) mass is 522 g/mol. The topological polar surface area (TPSA) is 86.7 Å². The highest BCUT2D eigenvalue weighted by Gasteiger charge is 2.57. The number of rotatable bonds is 6. The summed E-state index contributed by atoms with van der Waals surface area (Å²) in [5, 5.41) is 13.4. The Hall–Kier alpha value is -4.78. The van der Waals surface area contributed by atoms with E-state index in [1.165, 1.54) is 29.2 Å². The molecule has 0 aromatic heterocycles.